The standard InChI is InChI=1S/C15H19NO4/c1-10(2)6-16(7-14(17)18)15(19)11-3-4-12-8-20-9-13(12)5-11/h3-5,10H,6-9H2,1-2H3,(H,17,18). The van der Waals surface area contributed by atoms with Gasteiger partial charge in [0, 0.05) is 12.1 Å². The molecule has 0 aromatic heterocycles. The molecule has 5 heteroatoms. The smallest absolute Gasteiger partial charge is 0.323 e. The van der Waals surface area contributed by atoms with E-state index >= 15 is 0 Å². The maximum absolute atomic E-state index is 12.4. The Morgan fingerprint density at radius 1 is 1.30 bits per heavy atom. The van der Waals surface area contributed by atoms with E-state index in [4.69, 9.17) is 9.84 Å². The molecule has 2 rings (SSSR count). The van der Waals surface area contributed by atoms with Crippen molar-refractivity contribution in [2.75, 3.05) is 13.1 Å². The third kappa shape index (κ3) is 3.36. The van der Waals surface area contributed by atoms with Crippen LogP contribution in [0.2, 0.25) is 0 Å². The van der Waals surface area contributed by atoms with Crippen LogP contribution in [0.15, 0.2) is 18.2 Å². The highest BCUT2D eigenvalue weighted by molar-refractivity contribution is 5.96. The average Bonchev–Trinajstić information content (AvgIpc) is 2.83. The van der Waals surface area contributed by atoms with Crippen molar-refractivity contribution in [3.63, 3.8) is 0 Å². The van der Waals surface area contributed by atoms with Gasteiger partial charge in [-0.15, -0.1) is 0 Å². The SMILES string of the molecule is CC(C)CN(CC(=O)O)C(=O)c1ccc2c(c1)COC2. The molecule has 5 nitrogen and oxygen atoms in total. The molecule has 1 amide bonds. The van der Waals surface area contributed by atoms with Gasteiger partial charge in [-0.25, -0.2) is 0 Å². The number of nitrogens with zero attached hydrogens (tertiary/aromatic N) is 1. The molecule has 0 spiro atoms. The minimum absolute atomic E-state index is 0.219. The monoisotopic (exact) mass is 277 g/mol. The molecule has 0 aliphatic carbocycles. The van der Waals surface area contributed by atoms with Crippen LogP contribution < -0.4 is 0 Å². The molecule has 0 radical (unpaired) electrons. The predicted octanol–water partition coefficient (Wildman–Crippen LogP) is 1.90. The fraction of sp³-hybridized carbons (Fsp3) is 0.467. The summed E-state index contributed by atoms with van der Waals surface area (Å²) in [5.74, 6) is -1.02. The number of benzene rings is 1. The average molecular weight is 277 g/mol. The number of carbonyl (C=O) groups is 2. The van der Waals surface area contributed by atoms with Gasteiger partial charge < -0.3 is 14.7 Å². The summed E-state index contributed by atoms with van der Waals surface area (Å²) < 4.78 is 5.32. The van der Waals surface area contributed by atoms with E-state index in [0.717, 1.165) is 11.1 Å². The maximum atomic E-state index is 12.4. The highest BCUT2D eigenvalue weighted by atomic mass is 16.5. The Labute approximate surface area is 118 Å². The molecule has 0 atom stereocenters. The van der Waals surface area contributed by atoms with Gasteiger partial charge >= 0.3 is 5.97 Å². The summed E-state index contributed by atoms with van der Waals surface area (Å²) in [5, 5.41) is 8.93. The first-order valence-corrected chi connectivity index (χ1v) is 6.68. The van der Waals surface area contributed by atoms with Crippen LogP contribution in [0.3, 0.4) is 0 Å². The molecule has 1 aromatic carbocycles. The van der Waals surface area contributed by atoms with Crippen molar-refractivity contribution in [2.45, 2.75) is 27.1 Å². The van der Waals surface area contributed by atoms with Gasteiger partial charge in [-0.1, -0.05) is 19.9 Å². The van der Waals surface area contributed by atoms with Gasteiger partial charge in [-0.3, -0.25) is 9.59 Å². The molecule has 20 heavy (non-hydrogen) atoms. The zero-order chi connectivity index (χ0) is 14.7. The Kier molecular flexibility index (Phi) is 4.39. The molecule has 108 valence electrons. The van der Waals surface area contributed by atoms with Crippen LogP contribution in [0, 0.1) is 5.92 Å². The van der Waals surface area contributed by atoms with Gasteiger partial charge in [0.05, 0.1) is 13.2 Å². The number of amides is 1. The third-order valence-corrected chi connectivity index (χ3v) is 3.17. The van der Waals surface area contributed by atoms with Gasteiger partial charge in [0.15, 0.2) is 0 Å². The number of fused-ring (bicyclic) bond motifs is 1. The summed E-state index contributed by atoms with van der Waals surface area (Å²) in [6.07, 6.45) is 0. The number of aliphatic carboxylic acids is 1. The van der Waals surface area contributed by atoms with Gasteiger partial charge in [0.2, 0.25) is 0 Å². The molecule has 1 aliphatic rings. The molecule has 1 aliphatic heterocycles. The number of carboxylic acids is 1. The minimum atomic E-state index is -0.997. The van der Waals surface area contributed by atoms with E-state index in [9.17, 15) is 9.59 Å². The van der Waals surface area contributed by atoms with Crippen LogP contribution in [-0.4, -0.2) is 35.0 Å². The number of ether oxygens (including phenoxy) is 1. The van der Waals surface area contributed by atoms with E-state index in [-0.39, 0.29) is 18.4 Å². The first-order valence-electron chi connectivity index (χ1n) is 6.68. The van der Waals surface area contributed by atoms with Crippen molar-refractivity contribution in [1.82, 2.24) is 4.90 Å². The molecular formula is C15H19NO4. The predicted molar refractivity (Wildman–Crippen MR) is 73.3 cm³/mol. The van der Waals surface area contributed by atoms with Crippen molar-refractivity contribution in [2.24, 2.45) is 5.92 Å². The van der Waals surface area contributed by atoms with E-state index in [1.807, 2.05) is 19.9 Å². The van der Waals surface area contributed by atoms with Gasteiger partial charge in [-0.2, -0.15) is 0 Å². The molecule has 1 N–H and O–H groups in total. The Morgan fingerprint density at radius 3 is 2.65 bits per heavy atom. The van der Waals surface area contributed by atoms with Crippen LogP contribution in [0.4, 0.5) is 0 Å². The fourth-order valence-corrected chi connectivity index (χ4v) is 2.31. The number of carboxylic acid groups (broad SMARTS) is 1. The van der Waals surface area contributed by atoms with Crippen molar-refractivity contribution >= 4 is 11.9 Å². The lowest BCUT2D eigenvalue weighted by molar-refractivity contribution is -0.137. The Balaban J connectivity index is 2.20. The molecule has 0 bridgehead atoms. The summed E-state index contributed by atoms with van der Waals surface area (Å²) in [6, 6.07) is 5.43. The lowest BCUT2D eigenvalue weighted by Crippen LogP contribution is -2.38. The number of hydrogen-bond acceptors (Lipinski definition) is 3. The third-order valence-electron chi connectivity index (χ3n) is 3.17. The van der Waals surface area contributed by atoms with E-state index in [1.54, 1.807) is 12.1 Å². The van der Waals surface area contributed by atoms with Gasteiger partial charge in [0.25, 0.3) is 5.91 Å². The van der Waals surface area contributed by atoms with Crippen LogP contribution in [-0.2, 0) is 22.7 Å². The Morgan fingerprint density at radius 2 is 2.00 bits per heavy atom. The Bertz CT molecular complexity index is 525. The van der Waals surface area contributed by atoms with E-state index in [0.29, 0.717) is 25.3 Å². The number of rotatable bonds is 5. The molecule has 0 unspecified atom stereocenters. The van der Waals surface area contributed by atoms with Gasteiger partial charge in [0.1, 0.15) is 6.54 Å². The molecule has 1 heterocycles. The second kappa shape index (κ2) is 6.05. The zero-order valence-corrected chi connectivity index (χ0v) is 11.8. The minimum Gasteiger partial charge on any atom is -0.480 e. The summed E-state index contributed by atoms with van der Waals surface area (Å²) >= 11 is 0. The number of hydrogen-bond donors (Lipinski definition) is 1. The normalized spacial score (nSPS) is 13.3. The fourth-order valence-electron chi connectivity index (χ4n) is 2.31. The van der Waals surface area contributed by atoms with Crippen LogP contribution in [0.1, 0.15) is 35.3 Å². The first-order chi connectivity index (χ1) is 9.47. The van der Waals surface area contributed by atoms with Crippen LogP contribution >= 0.6 is 0 Å². The summed E-state index contributed by atoms with van der Waals surface area (Å²) in [7, 11) is 0. The topological polar surface area (TPSA) is 66.8 Å². The first kappa shape index (κ1) is 14.5. The van der Waals surface area contributed by atoms with Crippen molar-refractivity contribution in [3.05, 3.63) is 34.9 Å². The second-order valence-electron chi connectivity index (χ2n) is 5.45. The molecular weight excluding hydrogens is 258 g/mol. The lowest BCUT2D eigenvalue weighted by atomic mass is 10.0. The molecule has 0 saturated carbocycles. The highest BCUT2D eigenvalue weighted by Gasteiger charge is 2.21. The number of carbonyl (C=O) groups excluding carboxylic acids is 1. The van der Waals surface area contributed by atoms with Crippen LogP contribution in [0.5, 0.6) is 0 Å². The molecule has 0 saturated heterocycles. The second-order valence-corrected chi connectivity index (χ2v) is 5.45. The summed E-state index contributed by atoms with van der Waals surface area (Å²) in [4.78, 5) is 24.7. The van der Waals surface area contributed by atoms with E-state index in [2.05, 4.69) is 0 Å². The quantitative estimate of drug-likeness (QED) is 0.892. The van der Waals surface area contributed by atoms with E-state index in [1.165, 1.54) is 4.90 Å². The maximum Gasteiger partial charge on any atom is 0.323 e. The highest BCUT2D eigenvalue weighted by Crippen LogP contribution is 2.21. The van der Waals surface area contributed by atoms with Gasteiger partial charge in [-0.05, 0) is 29.2 Å². The molecule has 0 fully saturated rings. The molecule has 1 aromatic rings. The lowest BCUT2D eigenvalue weighted by Gasteiger charge is -2.23. The Hall–Kier alpha value is -1.88. The summed E-state index contributed by atoms with van der Waals surface area (Å²) in [6.45, 7) is 5.16. The zero-order valence-electron chi connectivity index (χ0n) is 11.8. The summed E-state index contributed by atoms with van der Waals surface area (Å²) in [5.41, 5.74) is 2.63. The largest absolute Gasteiger partial charge is 0.480 e. The van der Waals surface area contributed by atoms with Crippen LogP contribution in [0.25, 0.3) is 0 Å². The van der Waals surface area contributed by atoms with E-state index < -0.39 is 5.97 Å². The van der Waals surface area contributed by atoms with Crippen molar-refractivity contribution in [3.8, 4) is 0 Å². The van der Waals surface area contributed by atoms with Crippen molar-refractivity contribution in [1.29, 1.82) is 0 Å². The van der Waals surface area contributed by atoms with Crippen molar-refractivity contribution < 1.29 is 19.4 Å².